The van der Waals surface area contributed by atoms with Gasteiger partial charge in [0.2, 0.25) is 6.41 Å². The summed E-state index contributed by atoms with van der Waals surface area (Å²) in [6.07, 6.45) is 21.7. The van der Waals surface area contributed by atoms with Crippen molar-refractivity contribution >= 4 is 22.2 Å². The Morgan fingerprint density at radius 1 is 0.750 bits per heavy atom. The van der Waals surface area contributed by atoms with Gasteiger partial charge < -0.3 is 4.90 Å². The lowest BCUT2D eigenvalue weighted by molar-refractivity contribution is -0.107. The second-order valence-corrected chi connectivity index (χ2v) is 12.9. The van der Waals surface area contributed by atoms with Crippen LogP contribution >= 0.6 is 0 Å². The molecule has 0 N–H and O–H groups in total. The molecule has 0 aromatic heterocycles. The molecule has 0 bridgehead atoms. The Morgan fingerprint density at radius 2 is 1.25 bits per heavy atom. The zero-order valence-electron chi connectivity index (χ0n) is 25.3. The van der Waals surface area contributed by atoms with Crippen LogP contribution in [-0.2, 0) is 25.7 Å². The number of rotatable bonds is 23. The third-order valence-electron chi connectivity index (χ3n) is 7.76. The maximum Gasteiger partial charge on any atom is 0.297 e. The molecule has 0 heterocycles. The Balaban J connectivity index is 1.67. The van der Waals surface area contributed by atoms with Crippen LogP contribution in [0.15, 0.2) is 53.4 Å². The number of benzene rings is 2. The van der Waals surface area contributed by atoms with Crippen molar-refractivity contribution < 1.29 is 17.4 Å². The quantitative estimate of drug-likeness (QED) is 0.0757. The Morgan fingerprint density at radius 3 is 1.77 bits per heavy atom. The van der Waals surface area contributed by atoms with Crippen molar-refractivity contribution in [1.29, 1.82) is 0 Å². The topological polar surface area (TPSA) is 63.7 Å². The van der Waals surface area contributed by atoms with Crippen LogP contribution in [0, 0.1) is 6.92 Å². The highest BCUT2D eigenvalue weighted by molar-refractivity contribution is 7.86. The van der Waals surface area contributed by atoms with Gasteiger partial charge in [-0.05, 0) is 38.5 Å². The minimum atomic E-state index is -3.89. The van der Waals surface area contributed by atoms with Crippen molar-refractivity contribution in [2.75, 3.05) is 4.90 Å². The number of nitrogens with zero attached hydrogens (tertiary/aromatic N) is 1. The van der Waals surface area contributed by atoms with E-state index in [9.17, 15) is 13.2 Å². The number of hydrogen-bond acceptors (Lipinski definition) is 4. The van der Waals surface area contributed by atoms with Gasteiger partial charge in [0.25, 0.3) is 10.1 Å². The van der Waals surface area contributed by atoms with Gasteiger partial charge in [-0.3, -0.25) is 8.98 Å². The Bertz CT molecular complexity index is 1050. The average Bonchev–Trinajstić information content (AvgIpc) is 2.95. The lowest BCUT2D eigenvalue weighted by Gasteiger charge is -2.27. The monoisotopic (exact) mass is 571 g/mol. The predicted octanol–water partition coefficient (Wildman–Crippen LogP) is 9.51. The van der Waals surface area contributed by atoms with Gasteiger partial charge in [0.1, 0.15) is 0 Å². The highest BCUT2D eigenvalue weighted by Crippen LogP contribution is 2.26. The number of amides is 1. The maximum absolute atomic E-state index is 12.7. The van der Waals surface area contributed by atoms with Gasteiger partial charge in [-0.25, -0.2) is 0 Å². The van der Waals surface area contributed by atoms with Gasteiger partial charge >= 0.3 is 0 Å². The standard InChI is InChI=1S/C34H53NO4S/c1-4-5-6-7-8-9-10-11-12-13-14-15-16-17-18-21-31(3)35(29-36)34-23-20-19-22-32(34)28-39-40(37,38)33-26-24-30(2)25-27-33/h19-20,22-27,29,31H,4-18,21,28H2,1-3H3. The van der Waals surface area contributed by atoms with Crippen LogP contribution in [0.4, 0.5) is 5.69 Å². The van der Waals surface area contributed by atoms with E-state index in [4.69, 9.17) is 4.18 Å². The molecule has 1 amide bonds. The van der Waals surface area contributed by atoms with Crippen molar-refractivity contribution in [3.63, 3.8) is 0 Å². The molecule has 0 spiro atoms. The van der Waals surface area contributed by atoms with E-state index < -0.39 is 10.1 Å². The van der Waals surface area contributed by atoms with Crippen molar-refractivity contribution in [2.24, 2.45) is 0 Å². The smallest absolute Gasteiger partial charge is 0.297 e. The lowest BCUT2D eigenvalue weighted by atomic mass is 10.0. The van der Waals surface area contributed by atoms with E-state index in [0.717, 1.165) is 24.8 Å². The van der Waals surface area contributed by atoms with Gasteiger partial charge in [0, 0.05) is 17.3 Å². The number of carbonyl (C=O) groups excluding carboxylic acids is 1. The minimum absolute atomic E-state index is 0.0225. The summed E-state index contributed by atoms with van der Waals surface area (Å²) in [4.78, 5) is 13.9. The van der Waals surface area contributed by atoms with Crippen molar-refractivity contribution in [1.82, 2.24) is 0 Å². The molecule has 1 atom stereocenters. The van der Waals surface area contributed by atoms with E-state index in [-0.39, 0.29) is 17.5 Å². The fourth-order valence-electron chi connectivity index (χ4n) is 5.15. The van der Waals surface area contributed by atoms with E-state index >= 15 is 0 Å². The number of anilines is 1. The van der Waals surface area contributed by atoms with Crippen LogP contribution < -0.4 is 4.90 Å². The van der Waals surface area contributed by atoms with Crippen LogP contribution in [0.2, 0.25) is 0 Å². The van der Waals surface area contributed by atoms with Crippen LogP contribution in [0.1, 0.15) is 128 Å². The molecule has 0 aliphatic rings. The third kappa shape index (κ3) is 13.0. The molecule has 2 aromatic carbocycles. The predicted molar refractivity (Wildman–Crippen MR) is 167 cm³/mol. The molecule has 1 unspecified atom stereocenters. The Labute approximate surface area is 244 Å². The SMILES string of the molecule is CCCCCCCCCCCCCCCCCC(C)N(C=O)c1ccccc1COS(=O)(=O)c1ccc(C)cc1. The van der Waals surface area contributed by atoms with E-state index in [0.29, 0.717) is 11.3 Å². The summed E-state index contributed by atoms with van der Waals surface area (Å²) in [7, 11) is -3.89. The Hall–Kier alpha value is -2.18. The van der Waals surface area contributed by atoms with Gasteiger partial charge in [0.05, 0.1) is 11.5 Å². The van der Waals surface area contributed by atoms with Gasteiger partial charge in [-0.15, -0.1) is 0 Å². The first-order chi connectivity index (χ1) is 19.4. The second kappa shape index (κ2) is 19.8. The van der Waals surface area contributed by atoms with Crippen LogP contribution in [0.5, 0.6) is 0 Å². The molecule has 5 nitrogen and oxygen atoms in total. The number of carbonyl (C=O) groups is 1. The Kier molecular flexibility index (Phi) is 16.9. The van der Waals surface area contributed by atoms with Crippen molar-refractivity contribution in [3.8, 4) is 0 Å². The fourth-order valence-corrected chi connectivity index (χ4v) is 6.03. The molecule has 6 heteroatoms. The number of unbranched alkanes of at least 4 members (excludes halogenated alkanes) is 14. The van der Waals surface area contributed by atoms with Gasteiger partial charge in [-0.1, -0.05) is 139 Å². The summed E-state index contributed by atoms with van der Waals surface area (Å²) in [5, 5.41) is 0. The lowest BCUT2D eigenvalue weighted by Crippen LogP contribution is -2.32. The molecule has 224 valence electrons. The molecule has 0 fully saturated rings. The summed E-state index contributed by atoms with van der Waals surface area (Å²) < 4.78 is 30.7. The first-order valence-corrected chi connectivity index (χ1v) is 17.1. The molecule has 0 aliphatic heterocycles. The summed E-state index contributed by atoms with van der Waals surface area (Å²) >= 11 is 0. The average molecular weight is 572 g/mol. The van der Waals surface area contributed by atoms with Crippen molar-refractivity contribution in [3.05, 3.63) is 59.7 Å². The largest absolute Gasteiger partial charge is 0.312 e. The first-order valence-electron chi connectivity index (χ1n) is 15.7. The molecule has 0 saturated heterocycles. The number of aryl methyl sites for hydroxylation is 1. The summed E-state index contributed by atoms with van der Waals surface area (Å²) in [5.74, 6) is 0. The summed E-state index contributed by atoms with van der Waals surface area (Å²) in [6.45, 7) is 6.11. The van der Waals surface area contributed by atoms with Crippen molar-refractivity contribution in [2.45, 2.75) is 141 Å². The third-order valence-corrected chi connectivity index (χ3v) is 9.04. The number of hydrogen-bond donors (Lipinski definition) is 0. The van der Waals surface area contributed by atoms with E-state index in [1.54, 1.807) is 29.2 Å². The minimum Gasteiger partial charge on any atom is -0.312 e. The van der Waals surface area contributed by atoms with Crippen LogP contribution in [0.3, 0.4) is 0 Å². The molecular weight excluding hydrogens is 518 g/mol. The van der Waals surface area contributed by atoms with Crippen LogP contribution in [-0.4, -0.2) is 20.9 Å². The summed E-state index contributed by atoms with van der Waals surface area (Å²) in [6, 6.07) is 14.0. The molecule has 0 radical (unpaired) electrons. The highest BCUT2D eigenvalue weighted by atomic mass is 32.2. The maximum atomic E-state index is 12.7. The summed E-state index contributed by atoms with van der Waals surface area (Å²) in [5.41, 5.74) is 2.35. The van der Waals surface area contributed by atoms with Gasteiger partial charge in [0.15, 0.2) is 0 Å². The highest BCUT2D eigenvalue weighted by Gasteiger charge is 2.20. The van der Waals surface area contributed by atoms with E-state index in [1.807, 2.05) is 31.2 Å². The van der Waals surface area contributed by atoms with Gasteiger partial charge in [-0.2, -0.15) is 8.42 Å². The fraction of sp³-hybridized carbons (Fsp3) is 0.618. The molecule has 0 saturated carbocycles. The normalized spacial score (nSPS) is 12.4. The second-order valence-electron chi connectivity index (χ2n) is 11.3. The van der Waals surface area contributed by atoms with Crippen LogP contribution in [0.25, 0.3) is 0 Å². The molecule has 40 heavy (non-hydrogen) atoms. The van der Waals surface area contributed by atoms with E-state index in [1.165, 1.54) is 89.9 Å². The zero-order chi connectivity index (χ0) is 29.1. The number of para-hydroxylation sites is 1. The zero-order valence-corrected chi connectivity index (χ0v) is 26.1. The molecule has 0 aliphatic carbocycles. The van der Waals surface area contributed by atoms with E-state index in [2.05, 4.69) is 13.8 Å². The molecule has 2 aromatic rings. The molecular formula is C34H53NO4S. The first kappa shape index (κ1) is 34.0. The molecule has 2 rings (SSSR count).